The third kappa shape index (κ3) is 3.91. The molecule has 0 saturated carbocycles. The lowest BCUT2D eigenvalue weighted by molar-refractivity contribution is -0.0624. The van der Waals surface area contributed by atoms with E-state index in [2.05, 4.69) is 0 Å². The third-order valence-electron chi connectivity index (χ3n) is 3.62. The fourth-order valence-corrected chi connectivity index (χ4v) is 2.64. The molecule has 5 heteroatoms. The molecule has 122 valence electrons. The number of nitrogen functional groups attached to an aromatic ring is 1. The summed E-state index contributed by atoms with van der Waals surface area (Å²) in [6.45, 7) is 9.87. The number of anilines is 1. The lowest BCUT2D eigenvalue weighted by Crippen LogP contribution is -2.50. The summed E-state index contributed by atoms with van der Waals surface area (Å²) < 4.78 is 11.3. The average Bonchev–Trinajstić information content (AvgIpc) is 2.65. The largest absolute Gasteiger partial charge is 0.444 e. The van der Waals surface area contributed by atoms with Gasteiger partial charge >= 0.3 is 6.09 Å². The van der Waals surface area contributed by atoms with E-state index in [0.29, 0.717) is 13.0 Å². The molecule has 1 aliphatic rings. The van der Waals surface area contributed by atoms with Crippen LogP contribution in [0.15, 0.2) is 24.3 Å². The highest BCUT2D eigenvalue weighted by Crippen LogP contribution is 2.31. The summed E-state index contributed by atoms with van der Waals surface area (Å²) in [6.07, 6.45) is 0.374. The van der Waals surface area contributed by atoms with Gasteiger partial charge in [0.05, 0.1) is 12.6 Å². The number of nitrogens with two attached hydrogens (primary N) is 1. The summed E-state index contributed by atoms with van der Waals surface area (Å²) in [4.78, 5) is 14.2. The minimum Gasteiger partial charge on any atom is -0.444 e. The zero-order chi connectivity index (χ0) is 16.5. The number of carbonyl (C=O) groups excluding carboxylic acids is 1. The molecule has 2 rings (SSSR count). The summed E-state index contributed by atoms with van der Waals surface area (Å²) in [5.41, 5.74) is 6.37. The van der Waals surface area contributed by atoms with Crippen molar-refractivity contribution in [1.29, 1.82) is 0 Å². The van der Waals surface area contributed by atoms with Crippen molar-refractivity contribution in [2.75, 3.05) is 12.3 Å². The number of hydrogen-bond acceptors (Lipinski definition) is 4. The van der Waals surface area contributed by atoms with Crippen LogP contribution < -0.4 is 5.73 Å². The Hall–Kier alpha value is -1.75. The van der Waals surface area contributed by atoms with Crippen LogP contribution in [0.1, 0.15) is 40.2 Å². The molecule has 22 heavy (non-hydrogen) atoms. The second-order valence-corrected chi connectivity index (χ2v) is 7.21. The summed E-state index contributed by atoms with van der Waals surface area (Å²) in [6, 6.07) is 7.65. The van der Waals surface area contributed by atoms with Gasteiger partial charge in [0.25, 0.3) is 0 Å². The van der Waals surface area contributed by atoms with Gasteiger partial charge in [-0.15, -0.1) is 0 Å². The molecule has 5 nitrogen and oxygen atoms in total. The Kier molecular flexibility index (Phi) is 4.38. The Morgan fingerprint density at radius 3 is 2.50 bits per heavy atom. The fourth-order valence-electron chi connectivity index (χ4n) is 2.64. The second-order valence-electron chi connectivity index (χ2n) is 7.21. The molecule has 1 fully saturated rings. The highest BCUT2D eigenvalue weighted by atomic mass is 16.6. The molecular formula is C17H26N2O3. The zero-order valence-electron chi connectivity index (χ0n) is 14.1. The topological polar surface area (TPSA) is 64.8 Å². The van der Waals surface area contributed by atoms with E-state index in [1.165, 1.54) is 0 Å². The van der Waals surface area contributed by atoms with Crippen LogP contribution in [-0.2, 0) is 15.9 Å². The van der Waals surface area contributed by atoms with Crippen molar-refractivity contribution in [1.82, 2.24) is 4.90 Å². The molecular weight excluding hydrogens is 280 g/mol. The number of amides is 1. The number of benzene rings is 1. The van der Waals surface area contributed by atoms with E-state index < -0.39 is 11.3 Å². The van der Waals surface area contributed by atoms with Crippen LogP contribution in [-0.4, -0.2) is 35.0 Å². The van der Waals surface area contributed by atoms with Crippen molar-refractivity contribution < 1.29 is 14.3 Å². The molecule has 1 atom stereocenters. The molecule has 0 spiro atoms. The standard InChI is InChI=1S/C17H26N2O3/c1-16(2,3)22-15(20)19-14(11-21-17(19,4)5)10-12-6-8-13(18)9-7-12/h6-9,14H,10-11,18H2,1-5H3/t14-/m0/s1. The first-order chi connectivity index (χ1) is 10.1. The smallest absolute Gasteiger partial charge is 0.412 e. The van der Waals surface area contributed by atoms with Gasteiger partial charge in [0.1, 0.15) is 11.3 Å². The molecule has 1 aromatic rings. The number of ether oxygens (including phenoxy) is 2. The van der Waals surface area contributed by atoms with Crippen LogP contribution >= 0.6 is 0 Å². The molecule has 0 aliphatic carbocycles. The predicted octanol–water partition coefficient (Wildman–Crippen LogP) is 3.18. The molecule has 0 bridgehead atoms. The average molecular weight is 306 g/mol. The van der Waals surface area contributed by atoms with E-state index in [9.17, 15) is 4.79 Å². The zero-order valence-corrected chi connectivity index (χ0v) is 14.1. The normalized spacial score (nSPS) is 21.0. The molecule has 0 unspecified atom stereocenters. The Balaban J connectivity index is 2.15. The third-order valence-corrected chi connectivity index (χ3v) is 3.62. The van der Waals surface area contributed by atoms with Crippen molar-refractivity contribution in [3.05, 3.63) is 29.8 Å². The van der Waals surface area contributed by atoms with E-state index in [-0.39, 0.29) is 12.1 Å². The summed E-state index contributed by atoms with van der Waals surface area (Å²) >= 11 is 0. The highest BCUT2D eigenvalue weighted by molar-refractivity contribution is 5.69. The molecule has 2 N–H and O–H groups in total. The Labute approximate surface area is 132 Å². The van der Waals surface area contributed by atoms with Crippen LogP contribution in [0.25, 0.3) is 0 Å². The second kappa shape index (κ2) is 5.80. The van der Waals surface area contributed by atoms with Gasteiger partial charge in [-0.2, -0.15) is 0 Å². The minimum atomic E-state index is -0.666. The van der Waals surface area contributed by atoms with Crippen molar-refractivity contribution in [2.45, 2.75) is 58.4 Å². The Morgan fingerprint density at radius 2 is 1.95 bits per heavy atom. The predicted molar refractivity (Wildman–Crippen MR) is 86.5 cm³/mol. The van der Waals surface area contributed by atoms with Gasteiger partial charge in [-0.3, -0.25) is 4.90 Å². The summed E-state index contributed by atoms with van der Waals surface area (Å²) in [5.74, 6) is 0. The maximum atomic E-state index is 12.5. The summed E-state index contributed by atoms with van der Waals surface area (Å²) in [5, 5.41) is 0. The van der Waals surface area contributed by atoms with Crippen LogP contribution in [0.4, 0.5) is 10.5 Å². The molecule has 1 amide bonds. The van der Waals surface area contributed by atoms with E-state index >= 15 is 0 Å². The first-order valence-electron chi connectivity index (χ1n) is 7.59. The molecule has 1 aliphatic heterocycles. The fraction of sp³-hybridized carbons (Fsp3) is 0.588. The van der Waals surface area contributed by atoms with E-state index in [0.717, 1.165) is 11.3 Å². The lowest BCUT2D eigenvalue weighted by Gasteiger charge is -2.35. The van der Waals surface area contributed by atoms with Crippen molar-refractivity contribution >= 4 is 11.8 Å². The molecule has 1 aromatic carbocycles. The first-order valence-corrected chi connectivity index (χ1v) is 7.59. The van der Waals surface area contributed by atoms with E-state index in [4.69, 9.17) is 15.2 Å². The summed E-state index contributed by atoms with van der Waals surface area (Å²) in [7, 11) is 0. The quantitative estimate of drug-likeness (QED) is 0.852. The molecule has 0 aromatic heterocycles. The number of hydrogen-bond donors (Lipinski definition) is 1. The van der Waals surface area contributed by atoms with Gasteiger partial charge in [0, 0.05) is 5.69 Å². The van der Waals surface area contributed by atoms with Crippen LogP contribution in [0.3, 0.4) is 0 Å². The van der Waals surface area contributed by atoms with Gasteiger partial charge in [-0.1, -0.05) is 12.1 Å². The molecule has 1 saturated heterocycles. The van der Waals surface area contributed by atoms with Crippen molar-refractivity contribution in [3.8, 4) is 0 Å². The maximum Gasteiger partial charge on any atom is 0.412 e. The highest BCUT2D eigenvalue weighted by Gasteiger charge is 2.45. The van der Waals surface area contributed by atoms with Gasteiger partial charge in [-0.05, 0) is 58.7 Å². The maximum absolute atomic E-state index is 12.5. The SMILES string of the molecule is CC(C)(C)OC(=O)N1[C@@H](Cc2ccc(N)cc2)COC1(C)C. The van der Waals surface area contributed by atoms with Crippen LogP contribution in [0, 0.1) is 0 Å². The molecule has 1 heterocycles. The van der Waals surface area contributed by atoms with E-state index in [1.54, 1.807) is 4.90 Å². The van der Waals surface area contributed by atoms with Gasteiger partial charge in [0.2, 0.25) is 0 Å². The number of nitrogens with zero attached hydrogens (tertiary/aromatic N) is 1. The van der Waals surface area contributed by atoms with Crippen molar-refractivity contribution in [2.24, 2.45) is 0 Å². The van der Waals surface area contributed by atoms with Crippen molar-refractivity contribution in [3.63, 3.8) is 0 Å². The monoisotopic (exact) mass is 306 g/mol. The number of carbonyl (C=O) groups is 1. The van der Waals surface area contributed by atoms with Gasteiger partial charge < -0.3 is 15.2 Å². The van der Waals surface area contributed by atoms with E-state index in [1.807, 2.05) is 58.9 Å². The number of rotatable bonds is 2. The lowest BCUT2D eigenvalue weighted by atomic mass is 10.0. The van der Waals surface area contributed by atoms with Crippen LogP contribution in [0.5, 0.6) is 0 Å². The first kappa shape index (κ1) is 16.6. The van der Waals surface area contributed by atoms with Gasteiger partial charge in [0.15, 0.2) is 0 Å². The Morgan fingerprint density at radius 1 is 1.36 bits per heavy atom. The molecule has 0 radical (unpaired) electrons. The minimum absolute atomic E-state index is 0.0477. The van der Waals surface area contributed by atoms with Crippen LogP contribution in [0.2, 0.25) is 0 Å². The van der Waals surface area contributed by atoms with Gasteiger partial charge in [-0.25, -0.2) is 4.79 Å². The Bertz CT molecular complexity index is 532.